The van der Waals surface area contributed by atoms with E-state index in [0.29, 0.717) is 19.0 Å². The van der Waals surface area contributed by atoms with Crippen LogP contribution in [0.1, 0.15) is 42.5 Å². The Morgan fingerprint density at radius 3 is 2.23 bits per heavy atom. The van der Waals surface area contributed by atoms with E-state index in [9.17, 15) is 19.8 Å². The highest BCUT2D eigenvalue weighted by Crippen LogP contribution is 2.30. The first kappa shape index (κ1) is 21.3. The number of hydrogen-bond acceptors (Lipinski definition) is 5. The number of rotatable bonds is 8. The fourth-order valence-electron chi connectivity index (χ4n) is 3.69. The van der Waals surface area contributed by atoms with E-state index >= 15 is 0 Å². The van der Waals surface area contributed by atoms with Gasteiger partial charge in [-0.15, -0.1) is 0 Å². The third-order valence-electron chi connectivity index (χ3n) is 5.89. The highest BCUT2D eigenvalue weighted by atomic mass is 16.5. The first-order valence-corrected chi connectivity index (χ1v) is 10.7. The lowest BCUT2D eigenvalue weighted by Crippen LogP contribution is -2.50. The van der Waals surface area contributed by atoms with Crippen LogP contribution < -0.4 is 10.1 Å². The van der Waals surface area contributed by atoms with Crippen LogP contribution in [-0.2, 0) is 22.7 Å². The van der Waals surface area contributed by atoms with Gasteiger partial charge in [0.2, 0.25) is 0 Å². The molecule has 4 rings (SSSR count). The third kappa shape index (κ3) is 5.06. The van der Waals surface area contributed by atoms with Crippen LogP contribution in [0.2, 0.25) is 0 Å². The SMILES string of the molecule is C[C@H](NC(=O)[C@H](O)[C@@H](O)C(=O)N1Cc2ccccc2C1)c1ccc(OCC2CC2)cc1. The first-order valence-electron chi connectivity index (χ1n) is 10.7. The minimum absolute atomic E-state index is 0.353. The van der Waals surface area contributed by atoms with E-state index in [1.54, 1.807) is 6.92 Å². The van der Waals surface area contributed by atoms with E-state index in [0.717, 1.165) is 29.0 Å². The van der Waals surface area contributed by atoms with Crippen LogP contribution in [0, 0.1) is 5.92 Å². The van der Waals surface area contributed by atoms with Gasteiger partial charge in [0.15, 0.2) is 12.2 Å². The number of benzene rings is 2. The van der Waals surface area contributed by atoms with Crippen LogP contribution in [0.15, 0.2) is 48.5 Å². The Morgan fingerprint density at radius 1 is 1.03 bits per heavy atom. The normalized spacial score (nSPS) is 18.1. The molecule has 1 aliphatic carbocycles. The summed E-state index contributed by atoms with van der Waals surface area (Å²) in [6.45, 7) is 3.21. The largest absolute Gasteiger partial charge is 0.493 e. The first-order chi connectivity index (χ1) is 14.9. The van der Waals surface area contributed by atoms with Crippen molar-refractivity contribution in [2.75, 3.05) is 6.61 Å². The predicted molar refractivity (Wildman–Crippen MR) is 114 cm³/mol. The van der Waals surface area contributed by atoms with E-state index in [4.69, 9.17) is 4.74 Å². The topological polar surface area (TPSA) is 99.1 Å². The Kier molecular flexibility index (Phi) is 6.25. The number of fused-ring (bicyclic) bond motifs is 1. The Bertz CT molecular complexity index is 916. The van der Waals surface area contributed by atoms with Crippen molar-refractivity contribution in [2.45, 2.75) is 51.1 Å². The van der Waals surface area contributed by atoms with Crippen molar-refractivity contribution in [2.24, 2.45) is 5.92 Å². The second-order valence-corrected chi connectivity index (χ2v) is 8.41. The summed E-state index contributed by atoms with van der Waals surface area (Å²) in [4.78, 5) is 26.5. The number of ether oxygens (including phenoxy) is 1. The van der Waals surface area contributed by atoms with Crippen molar-refractivity contribution in [1.29, 1.82) is 0 Å². The highest BCUT2D eigenvalue weighted by molar-refractivity contribution is 5.91. The molecule has 2 aromatic carbocycles. The molecule has 2 amide bonds. The summed E-state index contributed by atoms with van der Waals surface area (Å²) in [5, 5.41) is 23.2. The zero-order chi connectivity index (χ0) is 22.0. The maximum atomic E-state index is 12.6. The van der Waals surface area contributed by atoms with Crippen LogP contribution in [0.4, 0.5) is 0 Å². The van der Waals surface area contributed by atoms with Gasteiger partial charge >= 0.3 is 0 Å². The molecule has 0 saturated heterocycles. The lowest BCUT2D eigenvalue weighted by molar-refractivity contribution is -0.153. The molecule has 0 radical (unpaired) electrons. The molecule has 31 heavy (non-hydrogen) atoms. The number of nitrogens with zero attached hydrogens (tertiary/aromatic N) is 1. The third-order valence-corrected chi connectivity index (χ3v) is 5.89. The zero-order valence-corrected chi connectivity index (χ0v) is 17.5. The van der Waals surface area contributed by atoms with Crippen molar-refractivity contribution in [3.05, 3.63) is 65.2 Å². The minimum Gasteiger partial charge on any atom is -0.493 e. The lowest BCUT2D eigenvalue weighted by atomic mass is 10.1. The molecule has 1 fully saturated rings. The summed E-state index contributed by atoms with van der Waals surface area (Å²) < 4.78 is 5.71. The van der Waals surface area contributed by atoms with Crippen LogP contribution in [0.25, 0.3) is 0 Å². The minimum atomic E-state index is -1.85. The highest BCUT2D eigenvalue weighted by Gasteiger charge is 2.35. The zero-order valence-electron chi connectivity index (χ0n) is 17.5. The van der Waals surface area contributed by atoms with Crippen LogP contribution in [0.5, 0.6) is 5.75 Å². The lowest BCUT2D eigenvalue weighted by Gasteiger charge is -2.24. The number of carbonyl (C=O) groups excluding carboxylic acids is 2. The molecule has 1 heterocycles. The maximum absolute atomic E-state index is 12.6. The fraction of sp³-hybridized carbons (Fsp3) is 0.417. The molecular formula is C24H28N2O5. The molecule has 3 atom stereocenters. The van der Waals surface area contributed by atoms with E-state index in [2.05, 4.69) is 5.32 Å². The van der Waals surface area contributed by atoms with Gasteiger partial charge in [0.05, 0.1) is 12.6 Å². The van der Waals surface area contributed by atoms with Gasteiger partial charge in [-0.1, -0.05) is 36.4 Å². The molecular weight excluding hydrogens is 396 g/mol. The Hall–Kier alpha value is -2.90. The number of carbonyl (C=O) groups is 2. The van der Waals surface area contributed by atoms with Crippen LogP contribution in [-0.4, -0.2) is 45.7 Å². The molecule has 1 saturated carbocycles. The number of aliphatic hydroxyl groups excluding tert-OH is 2. The van der Waals surface area contributed by atoms with Crippen molar-refractivity contribution >= 4 is 11.8 Å². The molecule has 0 aromatic heterocycles. The molecule has 2 aliphatic rings. The van der Waals surface area contributed by atoms with Gasteiger partial charge in [0, 0.05) is 13.1 Å². The van der Waals surface area contributed by atoms with Gasteiger partial charge in [0.1, 0.15) is 5.75 Å². The summed E-state index contributed by atoms with van der Waals surface area (Å²) >= 11 is 0. The number of aliphatic hydroxyl groups is 2. The number of nitrogens with one attached hydrogen (secondary N) is 1. The molecule has 2 aromatic rings. The van der Waals surface area contributed by atoms with Crippen LogP contribution >= 0.6 is 0 Å². The van der Waals surface area contributed by atoms with E-state index in [-0.39, 0.29) is 0 Å². The molecule has 0 spiro atoms. The average Bonchev–Trinajstić information content (AvgIpc) is 3.52. The molecule has 0 unspecified atom stereocenters. The fourth-order valence-corrected chi connectivity index (χ4v) is 3.69. The average molecular weight is 424 g/mol. The van der Waals surface area contributed by atoms with Gasteiger partial charge in [-0.3, -0.25) is 9.59 Å². The monoisotopic (exact) mass is 424 g/mol. The summed E-state index contributed by atoms with van der Waals surface area (Å²) in [7, 11) is 0. The predicted octanol–water partition coefficient (Wildman–Crippen LogP) is 1.92. The van der Waals surface area contributed by atoms with E-state index < -0.39 is 30.1 Å². The Labute approximate surface area is 181 Å². The molecule has 1 aliphatic heterocycles. The van der Waals surface area contributed by atoms with Gasteiger partial charge in [0.25, 0.3) is 11.8 Å². The quantitative estimate of drug-likeness (QED) is 0.601. The van der Waals surface area contributed by atoms with Crippen molar-refractivity contribution in [3.63, 3.8) is 0 Å². The molecule has 7 nitrogen and oxygen atoms in total. The van der Waals surface area contributed by atoms with Gasteiger partial charge in [-0.25, -0.2) is 0 Å². The smallest absolute Gasteiger partial charge is 0.255 e. The van der Waals surface area contributed by atoms with Crippen LogP contribution in [0.3, 0.4) is 0 Å². The van der Waals surface area contributed by atoms with E-state index in [1.807, 2.05) is 48.5 Å². The second-order valence-electron chi connectivity index (χ2n) is 8.41. The second kappa shape index (κ2) is 9.08. The summed E-state index contributed by atoms with van der Waals surface area (Å²) in [6, 6.07) is 14.6. The summed E-state index contributed by atoms with van der Waals surface area (Å²) in [5.41, 5.74) is 2.83. The summed E-state index contributed by atoms with van der Waals surface area (Å²) in [5.74, 6) is -0.00660. The maximum Gasteiger partial charge on any atom is 0.255 e. The molecule has 3 N–H and O–H groups in total. The Balaban J connectivity index is 1.29. The summed E-state index contributed by atoms with van der Waals surface area (Å²) in [6.07, 6.45) is -1.22. The van der Waals surface area contributed by atoms with E-state index in [1.165, 1.54) is 17.7 Å². The molecule has 7 heteroatoms. The Morgan fingerprint density at radius 2 is 1.65 bits per heavy atom. The molecule has 164 valence electrons. The van der Waals surface area contributed by atoms with Gasteiger partial charge in [-0.05, 0) is 54.5 Å². The number of hydrogen-bond donors (Lipinski definition) is 3. The van der Waals surface area contributed by atoms with Gasteiger partial charge in [-0.2, -0.15) is 0 Å². The number of amides is 2. The standard InChI is InChI=1S/C24H28N2O5/c1-15(17-8-10-20(11-9-17)31-14-16-6-7-16)25-23(29)21(27)22(28)24(30)26-12-18-4-2-3-5-19(18)13-26/h2-5,8-11,15-16,21-22,27-28H,6-7,12-14H2,1H3,(H,25,29)/t15-,21+,22+/m0/s1. The van der Waals surface area contributed by atoms with Gasteiger partial charge < -0.3 is 25.2 Å². The van der Waals surface area contributed by atoms with Crippen molar-refractivity contribution in [3.8, 4) is 5.75 Å². The molecule has 0 bridgehead atoms. The van der Waals surface area contributed by atoms with Crippen molar-refractivity contribution < 1.29 is 24.5 Å². The van der Waals surface area contributed by atoms with Crippen molar-refractivity contribution in [1.82, 2.24) is 10.2 Å².